The first kappa shape index (κ1) is 11.6. The number of carbonyl (C=O) groups is 1. The Labute approximate surface area is 90.1 Å². The Morgan fingerprint density at radius 3 is 2.36 bits per heavy atom. The van der Waals surface area contributed by atoms with Gasteiger partial charge in [0.1, 0.15) is 6.10 Å². The molecule has 0 aromatic heterocycles. The molecule has 80 valence electrons. The molecule has 0 saturated carbocycles. The van der Waals surface area contributed by atoms with Gasteiger partial charge in [0.05, 0.1) is 5.57 Å². The fraction of sp³-hybridized carbons (Fsp3) is 0.727. The topological polar surface area (TPSA) is 26.3 Å². The molecular formula is C11H18O2S. The van der Waals surface area contributed by atoms with Gasteiger partial charge < -0.3 is 4.74 Å². The highest BCUT2D eigenvalue weighted by molar-refractivity contribution is 8.02. The molecule has 1 heterocycles. The van der Waals surface area contributed by atoms with Crippen molar-refractivity contribution in [2.45, 2.75) is 40.2 Å². The Morgan fingerprint density at radius 1 is 1.43 bits per heavy atom. The van der Waals surface area contributed by atoms with Crippen molar-refractivity contribution in [1.82, 2.24) is 0 Å². The number of thioether (sulfide) groups is 1. The van der Waals surface area contributed by atoms with Crippen LogP contribution in [0.2, 0.25) is 0 Å². The Hall–Kier alpha value is -0.440. The average Bonchev–Trinajstić information content (AvgIpc) is 2.40. The van der Waals surface area contributed by atoms with Gasteiger partial charge in [0.15, 0.2) is 0 Å². The van der Waals surface area contributed by atoms with E-state index in [0.29, 0.717) is 0 Å². The van der Waals surface area contributed by atoms with Crippen LogP contribution in [0.1, 0.15) is 34.1 Å². The SMILES string of the molecule is CCC1=C(SC)C(C(C)(C)C)OC1=O. The summed E-state index contributed by atoms with van der Waals surface area (Å²) >= 11 is 1.64. The summed E-state index contributed by atoms with van der Waals surface area (Å²) in [5.41, 5.74) is 0.850. The monoisotopic (exact) mass is 214 g/mol. The molecule has 0 radical (unpaired) electrons. The zero-order valence-corrected chi connectivity index (χ0v) is 10.3. The molecule has 0 aliphatic carbocycles. The van der Waals surface area contributed by atoms with E-state index in [-0.39, 0.29) is 17.5 Å². The lowest BCUT2D eigenvalue weighted by Crippen LogP contribution is -2.27. The van der Waals surface area contributed by atoms with E-state index >= 15 is 0 Å². The maximum atomic E-state index is 11.5. The second kappa shape index (κ2) is 3.97. The summed E-state index contributed by atoms with van der Waals surface area (Å²) in [7, 11) is 0. The molecule has 1 aliphatic heterocycles. The van der Waals surface area contributed by atoms with Crippen molar-refractivity contribution in [3.8, 4) is 0 Å². The van der Waals surface area contributed by atoms with Gasteiger partial charge in [-0.05, 0) is 12.7 Å². The van der Waals surface area contributed by atoms with E-state index in [9.17, 15) is 4.79 Å². The summed E-state index contributed by atoms with van der Waals surface area (Å²) in [5, 5.41) is 0. The summed E-state index contributed by atoms with van der Waals surface area (Å²) in [6.07, 6.45) is 2.72. The second-order valence-corrected chi connectivity index (χ2v) is 5.40. The van der Waals surface area contributed by atoms with Crippen LogP contribution in [0.25, 0.3) is 0 Å². The number of ether oxygens (including phenoxy) is 1. The van der Waals surface area contributed by atoms with Crippen molar-refractivity contribution in [2.75, 3.05) is 6.26 Å². The van der Waals surface area contributed by atoms with Crippen LogP contribution in [0.3, 0.4) is 0 Å². The van der Waals surface area contributed by atoms with E-state index in [1.165, 1.54) is 0 Å². The number of rotatable bonds is 2. The lowest BCUT2D eigenvalue weighted by Gasteiger charge is -2.27. The minimum Gasteiger partial charge on any atom is -0.453 e. The van der Waals surface area contributed by atoms with E-state index in [1.807, 2.05) is 13.2 Å². The van der Waals surface area contributed by atoms with E-state index in [4.69, 9.17) is 4.74 Å². The molecule has 1 rings (SSSR count). The zero-order chi connectivity index (χ0) is 10.9. The first-order valence-electron chi connectivity index (χ1n) is 4.89. The number of carbonyl (C=O) groups excluding carboxylic acids is 1. The van der Waals surface area contributed by atoms with Crippen LogP contribution in [0.5, 0.6) is 0 Å². The number of hydrogen-bond donors (Lipinski definition) is 0. The second-order valence-electron chi connectivity index (χ2n) is 4.55. The molecule has 0 saturated heterocycles. The van der Waals surface area contributed by atoms with E-state index in [1.54, 1.807) is 11.8 Å². The zero-order valence-electron chi connectivity index (χ0n) is 9.51. The van der Waals surface area contributed by atoms with E-state index in [0.717, 1.165) is 16.9 Å². The first-order chi connectivity index (χ1) is 6.41. The van der Waals surface area contributed by atoms with Crippen molar-refractivity contribution >= 4 is 17.7 Å². The van der Waals surface area contributed by atoms with Crippen molar-refractivity contribution < 1.29 is 9.53 Å². The highest BCUT2D eigenvalue weighted by atomic mass is 32.2. The van der Waals surface area contributed by atoms with Gasteiger partial charge in [0.25, 0.3) is 0 Å². The van der Waals surface area contributed by atoms with Crippen LogP contribution in [-0.4, -0.2) is 18.3 Å². The highest BCUT2D eigenvalue weighted by Gasteiger charge is 2.39. The molecule has 0 amide bonds. The molecule has 1 unspecified atom stereocenters. The van der Waals surface area contributed by atoms with Crippen molar-refractivity contribution in [1.29, 1.82) is 0 Å². The Balaban J connectivity index is 3.05. The molecule has 3 heteroatoms. The molecule has 0 spiro atoms. The molecular weight excluding hydrogens is 196 g/mol. The molecule has 2 nitrogen and oxygen atoms in total. The van der Waals surface area contributed by atoms with Crippen LogP contribution < -0.4 is 0 Å². The fourth-order valence-corrected chi connectivity index (χ4v) is 2.70. The Bertz CT molecular complexity index is 274. The van der Waals surface area contributed by atoms with Crippen LogP contribution in [0, 0.1) is 5.41 Å². The lowest BCUT2D eigenvalue weighted by molar-refractivity contribution is -0.143. The van der Waals surface area contributed by atoms with Gasteiger partial charge in [-0.2, -0.15) is 0 Å². The molecule has 0 N–H and O–H groups in total. The maximum absolute atomic E-state index is 11.5. The van der Waals surface area contributed by atoms with Gasteiger partial charge in [-0.25, -0.2) is 4.79 Å². The Morgan fingerprint density at radius 2 is 2.00 bits per heavy atom. The summed E-state index contributed by atoms with van der Waals surface area (Å²) in [5.74, 6) is -0.128. The summed E-state index contributed by atoms with van der Waals surface area (Å²) in [6.45, 7) is 8.29. The highest BCUT2D eigenvalue weighted by Crippen LogP contribution is 2.40. The molecule has 0 fully saturated rings. The van der Waals surface area contributed by atoms with Crippen LogP contribution in [0.15, 0.2) is 10.5 Å². The van der Waals surface area contributed by atoms with Gasteiger partial charge in [0, 0.05) is 10.3 Å². The minimum absolute atomic E-state index is 0.00900. The van der Waals surface area contributed by atoms with Gasteiger partial charge in [-0.1, -0.05) is 27.7 Å². The molecule has 1 aliphatic rings. The third kappa shape index (κ3) is 1.97. The van der Waals surface area contributed by atoms with E-state index < -0.39 is 0 Å². The quantitative estimate of drug-likeness (QED) is 0.661. The molecule has 0 bridgehead atoms. The van der Waals surface area contributed by atoms with Gasteiger partial charge in [0.2, 0.25) is 0 Å². The van der Waals surface area contributed by atoms with Gasteiger partial charge in [-0.3, -0.25) is 0 Å². The number of esters is 1. The summed E-state index contributed by atoms with van der Waals surface area (Å²) in [4.78, 5) is 12.7. The summed E-state index contributed by atoms with van der Waals surface area (Å²) in [6, 6.07) is 0. The van der Waals surface area contributed by atoms with Crippen molar-refractivity contribution in [3.05, 3.63) is 10.5 Å². The number of cyclic esters (lactones) is 1. The minimum atomic E-state index is -0.128. The Kier molecular flexibility index (Phi) is 3.30. The van der Waals surface area contributed by atoms with Crippen LogP contribution in [0.4, 0.5) is 0 Å². The smallest absolute Gasteiger partial charge is 0.335 e. The molecule has 0 aromatic carbocycles. The van der Waals surface area contributed by atoms with Crippen molar-refractivity contribution in [2.24, 2.45) is 5.41 Å². The van der Waals surface area contributed by atoms with E-state index in [2.05, 4.69) is 20.8 Å². The van der Waals surface area contributed by atoms with Crippen LogP contribution >= 0.6 is 11.8 Å². The maximum Gasteiger partial charge on any atom is 0.335 e. The third-order valence-corrected chi connectivity index (χ3v) is 3.27. The summed E-state index contributed by atoms with van der Waals surface area (Å²) < 4.78 is 5.40. The number of hydrogen-bond acceptors (Lipinski definition) is 3. The lowest BCUT2D eigenvalue weighted by atomic mass is 9.88. The predicted molar refractivity (Wildman–Crippen MR) is 60.2 cm³/mol. The van der Waals surface area contributed by atoms with Gasteiger partial charge >= 0.3 is 5.97 Å². The normalized spacial score (nSPS) is 22.9. The molecule has 14 heavy (non-hydrogen) atoms. The standard InChI is InChI=1S/C11H18O2S/c1-6-7-8(14-5)9(11(2,3)4)13-10(7)12/h9H,6H2,1-5H3. The molecule has 0 aromatic rings. The third-order valence-electron chi connectivity index (χ3n) is 2.37. The van der Waals surface area contributed by atoms with Gasteiger partial charge in [-0.15, -0.1) is 11.8 Å². The van der Waals surface area contributed by atoms with Crippen molar-refractivity contribution in [3.63, 3.8) is 0 Å². The largest absolute Gasteiger partial charge is 0.453 e. The molecule has 1 atom stereocenters. The average molecular weight is 214 g/mol. The fourth-order valence-electron chi connectivity index (χ4n) is 1.61. The van der Waals surface area contributed by atoms with Crippen LogP contribution in [-0.2, 0) is 9.53 Å². The first-order valence-corrected chi connectivity index (χ1v) is 6.12. The predicted octanol–water partition coefficient (Wildman–Crippen LogP) is 2.99.